The van der Waals surface area contributed by atoms with E-state index in [2.05, 4.69) is 0 Å². The third-order valence-corrected chi connectivity index (χ3v) is 0.845. The van der Waals surface area contributed by atoms with Crippen LogP contribution in [-0.2, 0) is 0 Å². The maximum Gasteiger partial charge on any atom is 0.0739 e. The van der Waals surface area contributed by atoms with Crippen LogP contribution in [0.25, 0.3) is 0 Å². The predicted molar refractivity (Wildman–Crippen MR) is 24.3 cm³/mol. The van der Waals surface area contributed by atoms with E-state index in [1.807, 2.05) is 0 Å². The second-order valence-corrected chi connectivity index (χ2v) is 1.38. The van der Waals surface area contributed by atoms with Crippen LogP contribution in [0.2, 0.25) is 0 Å². The van der Waals surface area contributed by atoms with Gasteiger partial charge >= 0.3 is 0 Å². The lowest BCUT2D eigenvalue weighted by atomic mass is 10.7. The van der Waals surface area contributed by atoms with Crippen LogP contribution >= 0.6 is 11.3 Å². The Morgan fingerprint density at radius 3 is 3.00 bits per heavy atom. The van der Waals surface area contributed by atoms with E-state index in [1.54, 1.807) is 11.4 Å². The highest BCUT2D eigenvalue weighted by molar-refractivity contribution is 7.07. The van der Waals surface area contributed by atoms with Crippen molar-refractivity contribution in [3.05, 3.63) is 22.8 Å². The molecule has 0 aliphatic rings. The van der Waals surface area contributed by atoms with Gasteiger partial charge in [-0.25, -0.2) is 0 Å². The lowest BCUT2D eigenvalue weighted by Gasteiger charge is -1.39. The van der Waals surface area contributed by atoms with Crippen LogP contribution in [0.15, 0.2) is 22.8 Å². The summed E-state index contributed by atoms with van der Waals surface area (Å²) < 4.78 is 13.9. The summed E-state index contributed by atoms with van der Waals surface area (Å²) in [7, 11) is 0. The van der Waals surface area contributed by atoms with Crippen LogP contribution in [0, 0.1) is 0 Å². The summed E-state index contributed by atoms with van der Waals surface area (Å²) in [5, 5.41) is 2.09. The van der Waals surface area contributed by atoms with Crippen LogP contribution in [0.4, 0.5) is 0 Å². The molecule has 0 atom stereocenters. The molecule has 1 rings (SSSR count). The molecule has 1 heteroatoms. The standard InChI is InChI=1S/C4H4S/c1-2-4-5-3-1/h1-4H/i1D,3D. The Labute approximate surface area is 37.9 Å². The maximum absolute atomic E-state index is 6.93. The van der Waals surface area contributed by atoms with Gasteiger partial charge in [-0.15, -0.1) is 0 Å². The predicted octanol–water partition coefficient (Wildman–Crippen LogP) is 1.75. The van der Waals surface area contributed by atoms with Gasteiger partial charge in [0.2, 0.25) is 0 Å². The van der Waals surface area contributed by atoms with Crippen LogP contribution in [0.3, 0.4) is 0 Å². The molecule has 1 aromatic heterocycles. The first-order valence-electron chi connectivity index (χ1n) is 2.31. The fraction of sp³-hybridized carbons (Fsp3) is 0. The fourth-order valence-electron chi connectivity index (χ4n) is 0.170. The van der Waals surface area contributed by atoms with E-state index in [1.165, 1.54) is 11.3 Å². The third-order valence-electron chi connectivity index (χ3n) is 0.337. The Morgan fingerprint density at radius 2 is 2.80 bits per heavy atom. The Bertz CT molecular complexity index is 142. The molecule has 0 amide bonds. The monoisotopic (exact) mass is 86.0 g/mol. The van der Waals surface area contributed by atoms with Gasteiger partial charge in [-0.2, -0.15) is 11.3 Å². The van der Waals surface area contributed by atoms with Crippen molar-refractivity contribution in [3.63, 3.8) is 0 Å². The van der Waals surface area contributed by atoms with E-state index in [0.717, 1.165) is 0 Å². The Kier molecular flexibility index (Phi) is 0.350. The van der Waals surface area contributed by atoms with Crippen molar-refractivity contribution in [2.24, 2.45) is 0 Å². The van der Waals surface area contributed by atoms with Gasteiger partial charge in [0.1, 0.15) is 0 Å². The highest BCUT2D eigenvalue weighted by Crippen LogP contribution is 1.91. The summed E-state index contributed by atoms with van der Waals surface area (Å²) in [6.45, 7) is 0. The SMILES string of the molecule is [2H]c1ccsc1[2H]. The molecule has 0 aromatic carbocycles. The van der Waals surface area contributed by atoms with E-state index in [4.69, 9.17) is 2.74 Å². The number of rotatable bonds is 0. The Balaban J connectivity index is 3.12. The van der Waals surface area contributed by atoms with E-state index in [-0.39, 0.29) is 0 Å². The molecule has 0 saturated heterocycles. The van der Waals surface area contributed by atoms with Gasteiger partial charge in [0.05, 0.1) is 2.74 Å². The summed E-state index contributed by atoms with van der Waals surface area (Å²) in [5.41, 5.74) is 0. The fourth-order valence-corrected chi connectivity index (χ4v) is 0.510. The highest BCUT2D eigenvalue weighted by Gasteiger charge is 1.58. The zero-order chi connectivity index (χ0) is 5.28. The lowest BCUT2D eigenvalue weighted by molar-refractivity contribution is 2.03. The van der Waals surface area contributed by atoms with E-state index < -0.39 is 0 Å². The quantitative estimate of drug-likeness (QED) is 0.451. The molecule has 0 unspecified atom stereocenters. The molecule has 0 spiro atoms. The first-order valence-corrected chi connectivity index (χ1v) is 2.19. The molecule has 0 fully saturated rings. The Hall–Kier alpha value is -0.300. The first kappa shape index (κ1) is 1.43. The normalized spacial score (nSPS) is 13.6. The molecule has 0 nitrogen and oxygen atoms in total. The van der Waals surface area contributed by atoms with Gasteiger partial charge in [0.25, 0.3) is 0 Å². The minimum atomic E-state index is 0.324. The molecule has 1 aromatic rings. The van der Waals surface area contributed by atoms with Crippen molar-refractivity contribution in [1.82, 2.24) is 0 Å². The largest absolute Gasteiger partial charge is 0.152 e. The molecule has 0 radical (unpaired) electrons. The number of hydrogen-bond acceptors (Lipinski definition) is 1. The van der Waals surface area contributed by atoms with Crippen molar-refractivity contribution in [3.8, 4) is 0 Å². The molecule has 1 heterocycles. The smallest absolute Gasteiger partial charge is 0.0739 e. The van der Waals surface area contributed by atoms with Gasteiger partial charge < -0.3 is 0 Å². The zero-order valence-electron chi connectivity index (χ0n) is 4.56. The summed E-state index contributed by atoms with van der Waals surface area (Å²) in [5.74, 6) is 0. The van der Waals surface area contributed by atoms with Gasteiger partial charge in [0, 0.05) is 0 Å². The number of hydrogen-bond donors (Lipinski definition) is 0. The maximum atomic E-state index is 6.93. The lowest BCUT2D eigenvalue weighted by Crippen LogP contribution is -1.16. The molecular weight excluding hydrogens is 80.1 g/mol. The van der Waals surface area contributed by atoms with Crippen molar-refractivity contribution < 1.29 is 2.74 Å². The average molecular weight is 86.2 g/mol. The molecule has 0 N–H and O–H groups in total. The van der Waals surface area contributed by atoms with E-state index >= 15 is 0 Å². The molecule has 0 saturated carbocycles. The van der Waals surface area contributed by atoms with Gasteiger partial charge in [0.15, 0.2) is 0 Å². The molecule has 0 aliphatic heterocycles. The van der Waals surface area contributed by atoms with Gasteiger partial charge in [-0.05, 0) is 10.7 Å². The highest BCUT2D eigenvalue weighted by atomic mass is 32.1. The van der Waals surface area contributed by atoms with Crippen LogP contribution in [0.5, 0.6) is 0 Å². The minimum absolute atomic E-state index is 0.324. The average Bonchev–Trinajstić information content (AvgIpc) is 1.91. The summed E-state index contributed by atoms with van der Waals surface area (Å²) in [4.78, 5) is 0. The minimum Gasteiger partial charge on any atom is -0.152 e. The van der Waals surface area contributed by atoms with Gasteiger partial charge in [-0.1, -0.05) is 12.1 Å². The molecular formula is C4H4S. The van der Waals surface area contributed by atoms with Crippen molar-refractivity contribution >= 4 is 11.3 Å². The summed E-state index contributed by atoms with van der Waals surface area (Å²) in [6, 6.07) is 1.94. The third kappa shape index (κ3) is 0.484. The summed E-state index contributed by atoms with van der Waals surface area (Å²) in [6.07, 6.45) is 0. The zero-order valence-corrected chi connectivity index (χ0v) is 3.38. The van der Waals surface area contributed by atoms with Crippen molar-refractivity contribution in [1.29, 1.82) is 0 Å². The second kappa shape index (κ2) is 1.22. The molecule has 26 valence electrons. The van der Waals surface area contributed by atoms with Gasteiger partial charge in [-0.3, -0.25) is 0 Å². The first-order chi connectivity index (χ1) is 3.30. The van der Waals surface area contributed by atoms with Crippen LogP contribution in [-0.4, -0.2) is 0 Å². The van der Waals surface area contributed by atoms with E-state index in [0.29, 0.717) is 11.4 Å². The molecule has 0 bridgehead atoms. The van der Waals surface area contributed by atoms with Crippen LogP contribution < -0.4 is 0 Å². The van der Waals surface area contributed by atoms with E-state index in [9.17, 15) is 0 Å². The topological polar surface area (TPSA) is 0 Å². The van der Waals surface area contributed by atoms with Crippen molar-refractivity contribution in [2.45, 2.75) is 0 Å². The second-order valence-electron chi connectivity index (χ2n) is 0.667. The summed E-state index contributed by atoms with van der Waals surface area (Å²) >= 11 is 1.28. The van der Waals surface area contributed by atoms with Crippen molar-refractivity contribution in [2.75, 3.05) is 0 Å². The molecule has 5 heavy (non-hydrogen) atoms. The van der Waals surface area contributed by atoms with Crippen LogP contribution in [0.1, 0.15) is 2.74 Å². The molecule has 0 aliphatic carbocycles. The Morgan fingerprint density at radius 1 is 1.80 bits per heavy atom. The number of thiophene rings is 1.